The average molecular weight is 310 g/mol. The Morgan fingerprint density at radius 2 is 2.00 bits per heavy atom. The zero-order valence-electron chi connectivity index (χ0n) is 12.2. The number of aryl methyl sites for hydroxylation is 1. The first-order valence-corrected chi connectivity index (χ1v) is 7.28. The van der Waals surface area contributed by atoms with Crippen LogP contribution in [0, 0.1) is 5.92 Å². The monoisotopic (exact) mass is 310 g/mol. The number of nitrogens with zero attached hydrogens (tertiary/aromatic N) is 2. The van der Waals surface area contributed by atoms with Crippen molar-refractivity contribution in [2.45, 2.75) is 19.0 Å². The van der Waals surface area contributed by atoms with E-state index in [1.54, 1.807) is 17.7 Å². The molecule has 1 aromatic carbocycles. The molecule has 1 unspecified atom stereocenters. The second-order valence-electron chi connectivity index (χ2n) is 5.78. The van der Waals surface area contributed by atoms with Crippen LogP contribution in [-0.2, 0) is 7.05 Å². The summed E-state index contributed by atoms with van der Waals surface area (Å²) in [6.45, 7) is 0.136. The molecule has 1 aliphatic rings. The lowest BCUT2D eigenvalue weighted by Gasteiger charge is -2.33. The van der Waals surface area contributed by atoms with Gasteiger partial charge >= 0.3 is 6.18 Å². The zero-order chi connectivity index (χ0) is 15.9. The number of para-hydroxylation sites is 1. The van der Waals surface area contributed by atoms with Crippen molar-refractivity contribution in [1.82, 2.24) is 9.47 Å². The van der Waals surface area contributed by atoms with Crippen LogP contribution in [0.15, 0.2) is 30.3 Å². The van der Waals surface area contributed by atoms with Crippen LogP contribution in [0.25, 0.3) is 10.9 Å². The van der Waals surface area contributed by atoms with Crippen molar-refractivity contribution in [1.29, 1.82) is 0 Å². The maximum absolute atomic E-state index is 12.9. The fourth-order valence-electron chi connectivity index (χ4n) is 3.08. The van der Waals surface area contributed by atoms with Gasteiger partial charge in [0.15, 0.2) is 0 Å². The van der Waals surface area contributed by atoms with E-state index in [0.29, 0.717) is 18.7 Å². The summed E-state index contributed by atoms with van der Waals surface area (Å²) in [5.41, 5.74) is 1.33. The van der Waals surface area contributed by atoms with Crippen LogP contribution >= 0.6 is 0 Å². The Hall–Kier alpha value is -1.98. The van der Waals surface area contributed by atoms with Crippen LogP contribution < -0.4 is 0 Å². The van der Waals surface area contributed by atoms with Gasteiger partial charge in [0.25, 0.3) is 5.91 Å². The van der Waals surface area contributed by atoms with Crippen LogP contribution in [0.3, 0.4) is 0 Å². The van der Waals surface area contributed by atoms with Crippen LogP contribution in [0.1, 0.15) is 23.3 Å². The Labute approximate surface area is 126 Å². The summed E-state index contributed by atoms with van der Waals surface area (Å²) in [7, 11) is 1.76. The lowest BCUT2D eigenvalue weighted by atomic mass is 9.97. The molecule has 1 aliphatic heterocycles. The van der Waals surface area contributed by atoms with Crippen molar-refractivity contribution < 1.29 is 18.0 Å². The minimum absolute atomic E-state index is 0.0996. The predicted octanol–water partition coefficient (Wildman–Crippen LogP) is 3.59. The Balaban J connectivity index is 1.88. The number of halogens is 3. The number of fused-ring (bicyclic) bond motifs is 1. The van der Waals surface area contributed by atoms with Gasteiger partial charge in [0.05, 0.1) is 5.92 Å². The lowest BCUT2D eigenvalue weighted by molar-refractivity contribution is -0.184. The number of hydrogen-bond acceptors (Lipinski definition) is 1. The summed E-state index contributed by atoms with van der Waals surface area (Å²) in [5, 5.41) is 0.915. The molecular weight excluding hydrogens is 293 g/mol. The summed E-state index contributed by atoms with van der Waals surface area (Å²) < 4.78 is 40.4. The molecule has 0 radical (unpaired) electrons. The third-order valence-corrected chi connectivity index (χ3v) is 4.34. The highest BCUT2D eigenvalue weighted by molar-refractivity contribution is 5.98. The third kappa shape index (κ3) is 2.58. The van der Waals surface area contributed by atoms with E-state index in [0.717, 1.165) is 10.9 Å². The van der Waals surface area contributed by atoms with Crippen molar-refractivity contribution in [3.63, 3.8) is 0 Å². The molecule has 0 spiro atoms. The standard InChI is InChI=1S/C16H17F3N2O/c1-20-13-7-3-2-5-11(13)9-14(20)15(22)21-8-4-6-12(10-21)16(17,18)19/h2-3,5,7,9,12H,4,6,8,10H2,1H3. The maximum atomic E-state index is 12.9. The molecule has 1 aromatic heterocycles. The maximum Gasteiger partial charge on any atom is 0.393 e. The van der Waals surface area contributed by atoms with Gasteiger partial charge in [-0.2, -0.15) is 13.2 Å². The number of alkyl halides is 3. The van der Waals surface area contributed by atoms with Gasteiger partial charge in [-0.05, 0) is 25.0 Å². The molecule has 1 atom stereocenters. The van der Waals surface area contributed by atoms with Gasteiger partial charge in [-0.1, -0.05) is 18.2 Å². The minimum atomic E-state index is -4.24. The molecule has 0 bridgehead atoms. The second kappa shape index (κ2) is 5.34. The zero-order valence-corrected chi connectivity index (χ0v) is 12.2. The number of hydrogen-bond donors (Lipinski definition) is 0. The van der Waals surface area contributed by atoms with Crippen LogP contribution in [0.4, 0.5) is 13.2 Å². The molecular formula is C16H17F3N2O. The fourth-order valence-corrected chi connectivity index (χ4v) is 3.08. The first-order valence-electron chi connectivity index (χ1n) is 7.28. The quantitative estimate of drug-likeness (QED) is 0.790. The van der Waals surface area contributed by atoms with Gasteiger partial charge in [0, 0.05) is 31.0 Å². The summed E-state index contributed by atoms with van der Waals surface area (Å²) in [5.74, 6) is -1.74. The highest BCUT2D eigenvalue weighted by atomic mass is 19.4. The largest absolute Gasteiger partial charge is 0.393 e. The third-order valence-electron chi connectivity index (χ3n) is 4.34. The summed E-state index contributed by atoms with van der Waals surface area (Å²) in [6.07, 6.45) is -3.75. The molecule has 1 saturated heterocycles. The Morgan fingerprint density at radius 3 is 2.68 bits per heavy atom. The highest BCUT2D eigenvalue weighted by Crippen LogP contribution is 2.33. The predicted molar refractivity (Wildman–Crippen MR) is 77.6 cm³/mol. The molecule has 2 heterocycles. The van der Waals surface area contributed by atoms with Gasteiger partial charge in [-0.3, -0.25) is 4.79 Å². The number of likely N-dealkylation sites (tertiary alicyclic amines) is 1. The van der Waals surface area contributed by atoms with E-state index in [2.05, 4.69) is 0 Å². The highest BCUT2D eigenvalue weighted by Gasteiger charge is 2.43. The summed E-state index contributed by atoms with van der Waals surface area (Å²) in [6, 6.07) is 9.27. The molecule has 0 saturated carbocycles. The number of carbonyl (C=O) groups is 1. The van der Waals surface area contributed by atoms with Crippen LogP contribution in [0.2, 0.25) is 0 Å². The Kier molecular flexibility index (Phi) is 3.62. The van der Waals surface area contributed by atoms with Crippen molar-refractivity contribution in [3.05, 3.63) is 36.0 Å². The van der Waals surface area contributed by atoms with Gasteiger partial charge in [-0.25, -0.2) is 0 Å². The van der Waals surface area contributed by atoms with Gasteiger partial charge in [0.1, 0.15) is 5.69 Å². The second-order valence-corrected chi connectivity index (χ2v) is 5.78. The topological polar surface area (TPSA) is 25.2 Å². The Morgan fingerprint density at radius 1 is 1.27 bits per heavy atom. The molecule has 3 rings (SSSR count). The molecule has 0 aliphatic carbocycles. The number of carbonyl (C=O) groups excluding carboxylic acids is 1. The Bertz CT molecular complexity index is 705. The number of piperidine rings is 1. The number of rotatable bonds is 1. The number of benzene rings is 1. The van der Waals surface area contributed by atoms with E-state index in [-0.39, 0.29) is 18.9 Å². The molecule has 3 nitrogen and oxygen atoms in total. The first-order chi connectivity index (χ1) is 10.4. The minimum Gasteiger partial charge on any atom is -0.340 e. The van der Waals surface area contributed by atoms with E-state index in [1.807, 2.05) is 24.3 Å². The van der Waals surface area contributed by atoms with E-state index in [9.17, 15) is 18.0 Å². The van der Waals surface area contributed by atoms with Crippen molar-refractivity contribution in [2.75, 3.05) is 13.1 Å². The van der Waals surface area contributed by atoms with Gasteiger partial charge in [-0.15, -0.1) is 0 Å². The van der Waals surface area contributed by atoms with E-state index in [4.69, 9.17) is 0 Å². The molecule has 1 fully saturated rings. The molecule has 1 amide bonds. The average Bonchev–Trinajstić information content (AvgIpc) is 2.83. The molecule has 0 N–H and O–H groups in total. The van der Waals surface area contributed by atoms with Gasteiger partial charge in [0.2, 0.25) is 0 Å². The van der Waals surface area contributed by atoms with E-state index in [1.165, 1.54) is 4.90 Å². The first kappa shape index (κ1) is 14.9. The molecule has 118 valence electrons. The van der Waals surface area contributed by atoms with Crippen molar-refractivity contribution in [2.24, 2.45) is 13.0 Å². The van der Waals surface area contributed by atoms with Crippen molar-refractivity contribution >= 4 is 16.8 Å². The van der Waals surface area contributed by atoms with Gasteiger partial charge < -0.3 is 9.47 Å². The number of amides is 1. The van der Waals surface area contributed by atoms with E-state index >= 15 is 0 Å². The molecule has 22 heavy (non-hydrogen) atoms. The van der Waals surface area contributed by atoms with E-state index < -0.39 is 12.1 Å². The molecule has 6 heteroatoms. The SMILES string of the molecule is Cn1c(C(=O)N2CCCC(C(F)(F)F)C2)cc2ccccc21. The lowest BCUT2D eigenvalue weighted by Crippen LogP contribution is -2.45. The van der Waals surface area contributed by atoms with Crippen LogP contribution in [0.5, 0.6) is 0 Å². The summed E-state index contributed by atoms with van der Waals surface area (Å²) in [4.78, 5) is 13.9. The van der Waals surface area contributed by atoms with Crippen molar-refractivity contribution in [3.8, 4) is 0 Å². The number of aromatic nitrogens is 1. The molecule has 2 aromatic rings. The van der Waals surface area contributed by atoms with Crippen LogP contribution in [-0.4, -0.2) is 34.6 Å². The fraction of sp³-hybridized carbons (Fsp3) is 0.438. The smallest absolute Gasteiger partial charge is 0.340 e. The normalized spacial score (nSPS) is 19.6. The summed E-state index contributed by atoms with van der Waals surface area (Å²) >= 11 is 0.